The van der Waals surface area contributed by atoms with Gasteiger partial charge >= 0.3 is 0 Å². The molecule has 7 heteroatoms. The van der Waals surface area contributed by atoms with Crippen LogP contribution in [0, 0.1) is 0 Å². The first-order valence-electron chi connectivity index (χ1n) is 7.20. The molecule has 0 aliphatic carbocycles. The fraction of sp³-hybridized carbons (Fsp3) is 0.125. The van der Waals surface area contributed by atoms with Crippen molar-refractivity contribution in [3.8, 4) is 11.3 Å². The molecule has 0 saturated carbocycles. The maximum Gasteiger partial charge on any atom is 0.251 e. The van der Waals surface area contributed by atoms with Gasteiger partial charge in [0.25, 0.3) is 5.56 Å². The lowest BCUT2D eigenvalue weighted by molar-refractivity contribution is -0.116. The maximum atomic E-state index is 12.2. The summed E-state index contributed by atoms with van der Waals surface area (Å²) < 4.78 is 0. The number of pyridine rings is 2. The molecule has 0 aromatic carbocycles. The summed E-state index contributed by atoms with van der Waals surface area (Å²) in [6, 6.07) is 7.23. The van der Waals surface area contributed by atoms with Crippen LogP contribution in [0.2, 0.25) is 0 Å². The number of carbonyl (C=O) groups excluding carboxylic acids is 1. The fourth-order valence-electron chi connectivity index (χ4n) is 2.96. The average molecular weight is 307 g/mol. The average Bonchev–Trinajstić information content (AvgIpc) is 2.99. The molecule has 0 radical (unpaired) electrons. The topological polar surface area (TPSA) is 104 Å². The van der Waals surface area contributed by atoms with E-state index < -0.39 is 0 Å². The number of hydrogen-bond acceptors (Lipinski definition) is 4. The Labute approximate surface area is 130 Å². The number of hydrogen-bond donors (Lipinski definition) is 3. The predicted molar refractivity (Wildman–Crippen MR) is 84.0 cm³/mol. The summed E-state index contributed by atoms with van der Waals surface area (Å²) in [7, 11) is 0. The molecule has 1 unspecified atom stereocenters. The van der Waals surface area contributed by atoms with Crippen LogP contribution in [0.3, 0.4) is 0 Å². The second-order valence-electron chi connectivity index (χ2n) is 5.36. The summed E-state index contributed by atoms with van der Waals surface area (Å²) in [6.45, 7) is 0. The molecule has 4 heterocycles. The number of aromatic nitrogens is 4. The first-order chi connectivity index (χ1) is 11.2. The smallest absolute Gasteiger partial charge is 0.251 e. The van der Waals surface area contributed by atoms with Crippen LogP contribution in [-0.4, -0.2) is 26.1 Å². The van der Waals surface area contributed by atoms with E-state index in [4.69, 9.17) is 0 Å². The Hall–Kier alpha value is -3.22. The summed E-state index contributed by atoms with van der Waals surface area (Å²) in [5.41, 5.74) is 2.79. The zero-order valence-electron chi connectivity index (χ0n) is 12.0. The minimum Gasteiger partial charge on any atom is -0.329 e. The fourth-order valence-corrected chi connectivity index (χ4v) is 2.96. The molecule has 1 aliphatic rings. The van der Waals surface area contributed by atoms with Crippen LogP contribution in [0.5, 0.6) is 0 Å². The van der Waals surface area contributed by atoms with Gasteiger partial charge in [0.1, 0.15) is 0 Å². The van der Waals surface area contributed by atoms with Crippen molar-refractivity contribution in [2.75, 3.05) is 5.32 Å². The van der Waals surface area contributed by atoms with E-state index in [0.717, 1.165) is 16.8 Å². The van der Waals surface area contributed by atoms with Gasteiger partial charge in [0, 0.05) is 47.6 Å². The zero-order chi connectivity index (χ0) is 15.8. The lowest BCUT2D eigenvalue weighted by Crippen LogP contribution is -2.27. The molecule has 1 aliphatic heterocycles. The predicted octanol–water partition coefficient (Wildman–Crippen LogP) is 1.63. The highest BCUT2D eigenvalue weighted by Gasteiger charge is 2.33. The van der Waals surface area contributed by atoms with Crippen molar-refractivity contribution in [1.82, 2.24) is 20.2 Å². The molecule has 0 saturated heterocycles. The Balaban J connectivity index is 1.92. The van der Waals surface area contributed by atoms with E-state index in [1.54, 1.807) is 30.7 Å². The van der Waals surface area contributed by atoms with Gasteiger partial charge in [-0.15, -0.1) is 0 Å². The second kappa shape index (κ2) is 5.20. The molecular formula is C16H13N5O2. The third kappa shape index (κ3) is 2.22. The molecule has 23 heavy (non-hydrogen) atoms. The highest BCUT2D eigenvalue weighted by molar-refractivity contribution is 5.96. The number of fused-ring (bicyclic) bond motifs is 1. The van der Waals surface area contributed by atoms with E-state index in [2.05, 4.69) is 25.5 Å². The summed E-state index contributed by atoms with van der Waals surface area (Å²) in [5.74, 6) is -0.0407. The molecule has 0 bridgehead atoms. The second-order valence-corrected chi connectivity index (χ2v) is 5.36. The minimum absolute atomic E-state index is 0.157. The largest absolute Gasteiger partial charge is 0.329 e. The molecule has 1 atom stereocenters. The molecule has 4 rings (SSSR count). The van der Waals surface area contributed by atoms with Crippen LogP contribution in [0.15, 0.2) is 47.7 Å². The number of nitrogens with zero attached hydrogens (tertiary/aromatic N) is 2. The van der Waals surface area contributed by atoms with Crippen molar-refractivity contribution in [3.63, 3.8) is 0 Å². The number of H-pyrrole nitrogens is 2. The Kier molecular flexibility index (Phi) is 3.04. The van der Waals surface area contributed by atoms with Crippen LogP contribution in [-0.2, 0) is 4.79 Å². The molecule has 114 valence electrons. The number of nitrogens with one attached hydrogen (secondary N) is 3. The molecule has 0 fully saturated rings. The molecule has 3 aromatic heterocycles. The Morgan fingerprint density at radius 1 is 1.17 bits per heavy atom. The summed E-state index contributed by atoms with van der Waals surface area (Å²) in [4.78, 5) is 30.9. The van der Waals surface area contributed by atoms with Crippen molar-refractivity contribution >= 4 is 11.7 Å². The SMILES string of the molecule is O=C1CC(c2ccc[nH]c2=O)c2c(n[nH]c2-c2cccnc2)N1. The summed E-state index contributed by atoms with van der Waals surface area (Å²) in [5, 5.41) is 9.90. The van der Waals surface area contributed by atoms with Crippen LogP contribution in [0.25, 0.3) is 11.3 Å². The van der Waals surface area contributed by atoms with E-state index in [0.29, 0.717) is 11.4 Å². The third-order valence-corrected chi connectivity index (χ3v) is 3.97. The zero-order valence-corrected chi connectivity index (χ0v) is 12.0. The van der Waals surface area contributed by atoms with Gasteiger partial charge in [0.15, 0.2) is 5.82 Å². The lowest BCUT2D eigenvalue weighted by atomic mass is 9.85. The number of amides is 1. The lowest BCUT2D eigenvalue weighted by Gasteiger charge is -2.22. The van der Waals surface area contributed by atoms with E-state index in [1.165, 1.54) is 0 Å². The van der Waals surface area contributed by atoms with Crippen molar-refractivity contribution in [2.45, 2.75) is 12.3 Å². The molecule has 0 spiro atoms. The molecule has 1 amide bonds. The van der Waals surface area contributed by atoms with Crippen LogP contribution in [0.4, 0.5) is 5.82 Å². The quantitative estimate of drug-likeness (QED) is 0.669. The van der Waals surface area contributed by atoms with E-state index in [1.807, 2.05) is 12.1 Å². The van der Waals surface area contributed by atoms with Crippen LogP contribution in [0.1, 0.15) is 23.5 Å². The van der Waals surface area contributed by atoms with Gasteiger partial charge in [-0.05, 0) is 18.2 Å². The van der Waals surface area contributed by atoms with E-state index in [9.17, 15) is 9.59 Å². The highest BCUT2D eigenvalue weighted by Crippen LogP contribution is 2.40. The van der Waals surface area contributed by atoms with Crippen LogP contribution < -0.4 is 10.9 Å². The Morgan fingerprint density at radius 2 is 2.09 bits per heavy atom. The highest BCUT2D eigenvalue weighted by atomic mass is 16.2. The monoisotopic (exact) mass is 307 g/mol. The van der Waals surface area contributed by atoms with E-state index in [-0.39, 0.29) is 23.8 Å². The molecule has 7 nitrogen and oxygen atoms in total. The summed E-state index contributed by atoms with van der Waals surface area (Å²) in [6.07, 6.45) is 5.18. The normalized spacial score (nSPS) is 16.7. The molecular weight excluding hydrogens is 294 g/mol. The number of rotatable bonds is 2. The number of anilines is 1. The number of aromatic amines is 2. The van der Waals surface area contributed by atoms with Crippen molar-refractivity contribution < 1.29 is 4.79 Å². The van der Waals surface area contributed by atoms with Crippen molar-refractivity contribution in [2.24, 2.45) is 0 Å². The van der Waals surface area contributed by atoms with Gasteiger partial charge in [0.05, 0.1) is 5.69 Å². The van der Waals surface area contributed by atoms with E-state index >= 15 is 0 Å². The minimum atomic E-state index is -0.349. The Morgan fingerprint density at radius 3 is 2.87 bits per heavy atom. The number of carbonyl (C=O) groups is 1. The standard InChI is InChI=1S/C16H13N5O2/c22-12-7-11(10-4-2-6-18-16(10)23)13-14(20-21-15(13)19-12)9-3-1-5-17-8-9/h1-6,8,11H,7H2,(H,18,23)(H2,19,20,21,22). The maximum absolute atomic E-state index is 12.2. The first-order valence-corrected chi connectivity index (χ1v) is 7.20. The first kappa shape index (κ1) is 13.4. The van der Waals surface area contributed by atoms with Crippen LogP contribution >= 0.6 is 0 Å². The molecule has 3 aromatic rings. The van der Waals surface area contributed by atoms with Gasteiger partial charge < -0.3 is 10.3 Å². The van der Waals surface area contributed by atoms with Crippen molar-refractivity contribution in [3.05, 3.63) is 64.3 Å². The molecule has 3 N–H and O–H groups in total. The van der Waals surface area contributed by atoms with Gasteiger partial charge in [-0.1, -0.05) is 6.07 Å². The van der Waals surface area contributed by atoms with Gasteiger partial charge in [-0.3, -0.25) is 19.7 Å². The Bertz CT molecular complexity index is 929. The van der Waals surface area contributed by atoms with Gasteiger partial charge in [-0.25, -0.2) is 0 Å². The van der Waals surface area contributed by atoms with Gasteiger partial charge in [0.2, 0.25) is 5.91 Å². The van der Waals surface area contributed by atoms with Gasteiger partial charge in [-0.2, -0.15) is 5.10 Å². The third-order valence-electron chi connectivity index (χ3n) is 3.97. The van der Waals surface area contributed by atoms with Crippen molar-refractivity contribution in [1.29, 1.82) is 0 Å². The summed E-state index contributed by atoms with van der Waals surface area (Å²) >= 11 is 0.